The van der Waals surface area contributed by atoms with E-state index in [1.165, 1.54) is 12.8 Å². The Labute approximate surface area is 77.2 Å². The molecule has 0 aliphatic rings. The Kier molecular flexibility index (Phi) is 9.39. The molecule has 0 heterocycles. The van der Waals surface area contributed by atoms with E-state index in [4.69, 9.17) is 8.18 Å². The number of unbranched alkanes of at least 4 members (excludes halogenated alkanes) is 3. The molecule has 0 rings (SSSR count). The molecule has 0 bridgehead atoms. The third-order valence-electron chi connectivity index (χ3n) is 1.50. The average Bonchev–Trinajstić information content (AvgIpc) is 1.96. The summed E-state index contributed by atoms with van der Waals surface area (Å²) in [7, 11) is 0. The molecular formula is C8H20O2Sn. The number of rotatable bonds is 7. The molecule has 0 saturated carbocycles. The van der Waals surface area contributed by atoms with Crippen molar-refractivity contribution in [3.05, 3.63) is 0 Å². The van der Waals surface area contributed by atoms with Gasteiger partial charge < -0.3 is 0 Å². The molecule has 0 radical (unpaired) electrons. The Bertz CT molecular complexity index is 76.5. The maximum absolute atomic E-state index is 8.49. The fraction of sp³-hybridized carbons (Fsp3) is 1.00. The van der Waals surface area contributed by atoms with Gasteiger partial charge in [-0.2, -0.15) is 0 Å². The molecule has 0 aliphatic carbocycles. The molecule has 0 unspecified atom stereocenters. The van der Waals surface area contributed by atoms with Gasteiger partial charge in [0.1, 0.15) is 0 Å². The third kappa shape index (κ3) is 10.7. The van der Waals surface area contributed by atoms with Gasteiger partial charge in [-0.3, -0.25) is 0 Å². The zero-order chi connectivity index (χ0) is 8.53. The molecule has 1 N–H and O–H groups in total. The fourth-order valence-corrected chi connectivity index (χ4v) is 2.71. The van der Waals surface area contributed by atoms with Gasteiger partial charge in [-0.1, -0.05) is 0 Å². The first-order chi connectivity index (χ1) is 5.27. The molecule has 0 aromatic heterocycles. The molecule has 0 spiro atoms. The van der Waals surface area contributed by atoms with Crippen LogP contribution in [-0.4, -0.2) is 38.5 Å². The van der Waals surface area contributed by atoms with Crippen LogP contribution in [0, 0.1) is 0 Å². The summed E-state index contributed by atoms with van der Waals surface area (Å²) in [6.45, 7) is 1.30. The van der Waals surface area contributed by atoms with E-state index < -0.39 is 20.2 Å². The number of hydrogen-bond acceptors (Lipinski definition) is 2. The second-order valence-corrected chi connectivity index (χ2v) is 10.00. The van der Waals surface area contributed by atoms with Gasteiger partial charge in [0.15, 0.2) is 0 Å². The normalized spacial score (nSPS) is 10.9. The van der Waals surface area contributed by atoms with Crippen molar-refractivity contribution in [1.29, 1.82) is 0 Å². The second-order valence-electron chi connectivity index (χ2n) is 3.06. The van der Waals surface area contributed by atoms with Gasteiger partial charge in [0, 0.05) is 0 Å². The Morgan fingerprint density at radius 1 is 1.09 bits per heavy atom. The number of hydrogen-bond donors (Lipinski definition) is 1. The molecule has 0 aliphatic heterocycles. The monoisotopic (exact) mass is 268 g/mol. The Morgan fingerprint density at radius 2 is 1.73 bits per heavy atom. The van der Waals surface area contributed by atoms with Crippen molar-refractivity contribution in [2.75, 3.05) is 13.2 Å². The predicted molar refractivity (Wildman–Crippen MR) is 50.4 cm³/mol. The van der Waals surface area contributed by atoms with Gasteiger partial charge in [0.25, 0.3) is 0 Å². The molecule has 68 valence electrons. The standard InChI is InChI=1S/C6H13O2.2CH3.Sn.H/c7-5-3-1-2-4-6-8;;;;/h7H,1-6H2;2*1H3;;/q-1;;;+1;. The number of aliphatic hydroxyl groups is 1. The summed E-state index contributed by atoms with van der Waals surface area (Å²) in [5.74, 6) is 0. The summed E-state index contributed by atoms with van der Waals surface area (Å²) in [5.41, 5.74) is 0. The molecule has 0 amide bonds. The average molecular weight is 267 g/mol. The summed E-state index contributed by atoms with van der Waals surface area (Å²) in [5, 5.41) is 8.49. The molecule has 0 saturated heterocycles. The molecule has 11 heavy (non-hydrogen) atoms. The maximum atomic E-state index is 8.49. The fourth-order valence-electron chi connectivity index (χ4n) is 0.886. The van der Waals surface area contributed by atoms with E-state index in [0.29, 0.717) is 6.61 Å². The Hall–Kier alpha value is 0.719. The van der Waals surface area contributed by atoms with Crippen molar-refractivity contribution in [2.45, 2.75) is 35.6 Å². The van der Waals surface area contributed by atoms with Crippen LogP contribution in [-0.2, 0) is 3.07 Å². The van der Waals surface area contributed by atoms with Crippen molar-refractivity contribution >= 4 is 20.2 Å². The van der Waals surface area contributed by atoms with E-state index in [0.717, 1.165) is 19.4 Å². The van der Waals surface area contributed by atoms with E-state index >= 15 is 0 Å². The minimum absolute atomic E-state index is 0.338. The van der Waals surface area contributed by atoms with Crippen LogP contribution in [0.4, 0.5) is 0 Å². The van der Waals surface area contributed by atoms with E-state index in [-0.39, 0.29) is 0 Å². The van der Waals surface area contributed by atoms with Crippen LogP contribution in [0.3, 0.4) is 0 Å². The van der Waals surface area contributed by atoms with E-state index in [9.17, 15) is 0 Å². The van der Waals surface area contributed by atoms with Gasteiger partial charge in [0.05, 0.1) is 0 Å². The summed E-state index contributed by atoms with van der Waals surface area (Å²) in [6, 6.07) is 0. The molecule has 0 atom stereocenters. The van der Waals surface area contributed by atoms with Crippen LogP contribution in [0.25, 0.3) is 0 Å². The van der Waals surface area contributed by atoms with Gasteiger partial charge in [-0.05, 0) is 0 Å². The topological polar surface area (TPSA) is 29.5 Å². The summed E-state index contributed by atoms with van der Waals surface area (Å²) in [6.07, 6.45) is 4.48. The van der Waals surface area contributed by atoms with E-state index in [2.05, 4.69) is 9.88 Å². The van der Waals surface area contributed by atoms with Crippen LogP contribution in [0.1, 0.15) is 25.7 Å². The van der Waals surface area contributed by atoms with Crippen LogP contribution in [0.15, 0.2) is 0 Å². The first kappa shape index (κ1) is 11.7. The zero-order valence-electron chi connectivity index (χ0n) is 7.68. The van der Waals surface area contributed by atoms with Crippen molar-refractivity contribution in [1.82, 2.24) is 0 Å². The van der Waals surface area contributed by atoms with Crippen molar-refractivity contribution < 1.29 is 8.18 Å². The Morgan fingerprint density at radius 3 is 2.27 bits per heavy atom. The van der Waals surface area contributed by atoms with Crippen molar-refractivity contribution in [3.63, 3.8) is 0 Å². The molecule has 0 fully saturated rings. The van der Waals surface area contributed by atoms with Crippen molar-refractivity contribution in [3.8, 4) is 0 Å². The van der Waals surface area contributed by atoms with E-state index in [1.54, 1.807) is 0 Å². The quantitative estimate of drug-likeness (QED) is 0.560. The Balaban J connectivity index is 2.80. The molecular weight excluding hydrogens is 247 g/mol. The van der Waals surface area contributed by atoms with E-state index in [1.807, 2.05) is 0 Å². The molecule has 0 aromatic carbocycles. The van der Waals surface area contributed by atoms with Crippen LogP contribution < -0.4 is 0 Å². The van der Waals surface area contributed by atoms with Crippen LogP contribution in [0.2, 0.25) is 9.88 Å². The second kappa shape index (κ2) is 8.81. The summed E-state index contributed by atoms with van der Waals surface area (Å²) < 4.78 is 5.57. The SMILES string of the molecule is [CH3][SnH]([CH3])[O]CCCCCCO. The van der Waals surface area contributed by atoms with Gasteiger partial charge in [-0.25, -0.2) is 0 Å². The molecule has 2 nitrogen and oxygen atoms in total. The van der Waals surface area contributed by atoms with Crippen molar-refractivity contribution in [2.24, 2.45) is 0 Å². The van der Waals surface area contributed by atoms with Gasteiger partial charge >= 0.3 is 77.1 Å². The molecule has 3 heteroatoms. The van der Waals surface area contributed by atoms with Crippen LogP contribution in [0.5, 0.6) is 0 Å². The predicted octanol–water partition coefficient (Wildman–Crippen LogP) is 1.54. The minimum atomic E-state index is -1.36. The summed E-state index contributed by atoms with van der Waals surface area (Å²) in [4.78, 5) is 4.52. The van der Waals surface area contributed by atoms with Gasteiger partial charge in [-0.15, -0.1) is 0 Å². The number of aliphatic hydroxyl groups excluding tert-OH is 1. The third-order valence-corrected chi connectivity index (χ3v) is 4.08. The first-order valence-corrected chi connectivity index (χ1v) is 12.4. The van der Waals surface area contributed by atoms with Gasteiger partial charge in [0.2, 0.25) is 0 Å². The summed E-state index contributed by atoms with van der Waals surface area (Å²) >= 11 is -1.36. The van der Waals surface area contributed by atoms with Crippen LogP contribution >= 0.6 is 0 Å². The zero-order valence-corrected chi connectivity index (χ0v) is 11.0. The first-order valence-electron chi connectivity index (χ1n) is 4.50. The molecule has 0 aromatic rings.